The van der Waals surface area contributed by atoms with Gasteiger partial charge in [-0.2, -0.15) is 13.2 Å². The summed E-state index contributed by atoms with van der Waals surface area (Å²) in [6.07, 6.45) is -4.68. The summed E-state index contributed by atoms with van der Waals surface area (Å²) in [4.78, 5) is 40.4. The minimum atomic E-state index is -4.68. The SMILES string of the molecule is CCOC(=O)C(=O)O.CCOC(=O)CNc1ccc(C(F)(F)F)cc1[N+](=O)[O-]. The van der Waals surface area contributed by atoms with E-state index >= 15 is 0 Å². The van der Waals surface area contributed by atoms with Gasteiger partial charge in [0.1, 0.15) is 12.2 Å². The number of alkyl halides is 3. The Balaban J connectivity index is 0.000000769. The summed E-state index contributed by atoms with van der Waals surface area (Å²) in [6.45, 7) is 2.99. The third kappa shape index (κ3) is 8.82. The molecule has 0 bridgehead atoms. The third-order valence-corrected chi connectivity index (χ3v) is 2.70. The number of benzene rings is 1. The quantitative estimate of drug-likeness (QED) is 0.312. The van der Waals surface area contributed by atoms with Crippen LogP contribution in [0.2, 0.25) is 0 Å². The van der Waals surface area contributed by atoms with Crippen molar-refractivity contribution in [1.82, 2.24) is 0 Å². The van der Waals surface area contributed by atoms with Crippen LogP contribution in [0.25, 0.3) is 0 Å². The molecular weight excluding hydrogens is 393 g/mol. The van der Waals surface area contributed by atoms with Crippen molar-refractivity contribution in [2.45, 2.75) is 20.0 Å². The standard InChI is InChI=1S/C11H11F3N2O4.C4H6O4/c1-2-20-10(17)6-15-8-4-3-7(11(12,13)14)5-9(8)16(18)19;1-2-8-4(7)3(5)6/h3-5,15H,2,6H2,1H3;2H2,1H3,(H,5,6). The van der Waals surface area contributed by atoms with Crippen LogP contribution in [-0.4, -0.2) is 47.7 Å². The number of carboxylic acid groups (broad SMARTS) is 1. The second-order valence-electron chi connectivity index (χ2n) is 4.67. The Morgan fingerprint density at radius 3 is 2.14 bits per heavy atom. The van der Waals surface area contributed by atoms with Crippen LogP contribution >= 0.6 is 0 Å². The average molecular weight is 410 g/mol. The van der Waals surface area contributed by atoms with Gasteiger partial charge in [0.15, 0.2) is 0 Å². The van der Waals surface area contributed by atoms with E-state index < -0.39 is 40.3 Å². The van der Waals surface area contributed by atoms with Gasteiger partial charge in [0.25, 0.3) is 5.69 Å². The molecule has 0 aliphatic rings. The highest BCUT2D eigenvalue weighted by Crippen LogP contribution is 2.34. The van der Waals surface area contributed by atoms with E-state index in [9.17, 15) is 37.7 Å². The Kier molecular flexibility index (Phi) is 9.99. The van der Waals surface area contributed by atoms with E-state index in [4.69, 9.17) is 5.11 Å². The highest BCUT2D eigenvalue weighted by molar-refractivity contribution is 6.28. The monoisotopic (exact) mass is 410 g/mol. The second-order valence-corrected chi connectivity index (χ2v) is 4.67. The van der Waals surface area contributed by atoms with Crippen LogP contribution in [0.15, 0.2) is 18.2 Å². The van der Waals surface area contributed by atoms with Crippen molar-refractivity contribution in [2.24, 2.45) is 0 Å². The maximum absolute atomic E-state index is 12.5. The zero-order chi connectivity index (χ0) is 21.9. The van der Waals surface area contributed by atoms with E-state index in [1.807, 2.05) is 0 Å². The van der Waals surface area contributed by atoms with Crippen LogP contribution < -0.4 is 5.32 Å². The lowest BCUT2D eigenvalue weighted by atomic mass is 10.1. The first-order chi connectivity index (χ1) is 12.9. The van der Waals surface area contributed by atoms with Gasteiger partial charge in [0.05, 0.1) is 23.7 Å². The number of anilines is 1. The summed E-state index contributed by atoms with van der Waals surface area (Å²) < 4.78 is 46.0. The molecule has 0 radical (unpaired) electrons. The molecule has 0 aliphatic heterocycles. The number of ether oxygens (including phenoxy) is 2. The molecule has 0 atom stereocenters. The van der Waals surface area contributed by atoms with Gasteiger partial charge in [0, 0.05) is 6.07 Å². The number of aliphatic carboxylic acids is 1. The van der Waals surface area contributed by atoms with Crippen LogP contribution in [0, 0.1) is 10.1 Å². The van der Waals surface area contributed by atoms with Crippen LogP contribution in [-0.2, 0) is 30.0 Å². The van der Waals surface area contributed by atoms with Crippen LogP contribution in [0.4, 0.5) is 24.5 Å². The number of carbonyl (C=O) groups is 3. The first kappa shape index (κ1) is 24.6. The number of nitro groups is 1. The Morgan fingerprint density at radius 2 is 1.75 bits per heavy atom. The number of esters is 2. The molecule has 156 valence electrons. The Hall–Kier alpha value is -3.38. The molecule has 1 rings (SSSR count). The molecule has 13 heteroatoms. The maximum atomic E-state index is 12.5. The van der Waals surface area contributed by atoms with Crippen LogP contribution in [0.1, 0.15) is 19.4 Å². The van der Waals surface area contributed by atoms with Crippen molar-refractivity contribution in [3.63, 3.8) is 0 Å². The molecule has 28 heavy (non-hydrogen) atoms. The topological polar surface area (TPSA) is 145 Å². The predicted molar refractivity (Wildman–Crippen MR) is 87.5 cm³/mol. The summed E-state index contributed by atoms with van der Waals surface area (Å²) >= 11 is 0. The number of halogens is 3. The highest BCUT2D eigenvalue weighted by atomic mass is 19.4. The normalized spacial score (nSPS) is 10.2. The molecule has 0 aromatic heterocycles. The summed E-state index contributed by atoms with van der Waals surface area (Å²) in [5.41, 5.74) is -2.08. The summed E-state index contributed by atoms with van der Waals surface area (Å²) in [7, 11) is 0. The van der Waals surface area contributed by atoms with Crippen molar-refractivity contribution >= 4 is 29.3 Å². The Bertz CT molecular complexity index is 722. The molecule has 10 nitrogen and oxygen atoms in total. The minimum absolute atomic E-state index is 0.102. The van der Waals surface area contributed by atoms with Gasteiger partial charge in [-0.15, -0.1) is 0 Å². The van der Waals surface area contributed by atoms with Crippen molar-refractivity contribution in [1.29, 1.82) is 0 Å². The molecule has 0 heterocycles. The molecule has 0 spiro atoms. The van der Waals surface area contributed by atoms with Gasteiger partial charge in [0.2, 0.25) is 0 Å². The molecule has 0 amide bonds. The number of nitrogens with one attached hydrogen (secondary N) is 1. The molecule has 1 aromatic carbocycles. The second kappa shape index (κ2) is 11.4. The molecule has 2 N–H and O–H groups in total. The van der Waals surface area contributed by atoms with Gasteiger partial charge in [-0.25, -0.2) is 9.59 Å². The van der Waals surface area contributed by atoms with Crippen molar-refractivity contribution in [3.05, 3.63) is 33.9 Å². The number of nitrogens with zero attached hydrogens (tertiary/aromatic N) is 1. The van der Waals surface area contributed by atoms with E-state index in [-0.39, 0.29) is 25.4 Å². The van der Waals surface area contributed by atoms with Crippen LogP contribution in [0.3, 0.4) is 0 Å². The number of nitro benzene ring substituents is 1. The zero-order valence-corrected chi connectivity index (χ0v) is 14.7. The lowest BCUT2D eigenvalue weighted by Gasteiger charge is -2.10. The predicted octanol–water partition coefficient (Wildman–Crippen LogP) is 2.22. The van der Waals surface area contributed by atoms with Crippen molar-refractivity contribution < 1.29 is 47.1 Å². The fraction of sp³-hybridized carbons (Fsp3) is 0.400. The highest BCUT2D eigenvalue weighted by Gasteiger charge is 2.33. The maximum Gasteiger partial charge on any atom is 0.417 e. The zero-order valence-electron chi connectivity index (χ0n) is 14.7. The average Bonchev–Trinajstić information content (AvgIpc) is 2.59. The first-order valence-corrected chi connectivity index (χ1v) is 7.59. The number of carbonyl (C=O) groups excluding carboxylic acids is 2. The molecule has 0 aliphatic carbocycles. The van der Waals surface area contributed by atoms with Crippen molar-refractivity contribution in [2.75, 3.05) is 25.1 Å². The number of hydrogen-bond donors (Lipinski definition) is 2. The van der Waals surface area contributed by atoms with Gasteiger partial charge in [-0.05, 0) is 26.0 Å². The fourth-order valence-corrected chi connectivity index (χ4v) is 1.58. The summed E-state index contributed by atoms with van der Waals surface area (Å²) in [6, 6.07) is 2.01. The van der Waals surface area contributed by atoms with E-state index in [0.717, 1.165) is 6.07 Å². The van der Waals surface area contributed by atoms with Gasteiger partial charge >= 0.3 is 24.1 Å². The van der Waals surface area contributed by atoms with Crippen LogP contribution in [0.5, 0.6) is 0 Å². The van der Waals surface area contributed by atoms with Gasteiger partial charge in [-0.1, -0.05) is 0 Å². The third-order valence-electron chi connectivity index (χ3n) is 2.70. The Morgan fingerprint density at radius 1 is 1.18 bits per heavy atom. The first-order valence-electron chi connectivity index (χ1n) is 7.59. The fourth-order valence-electron chi connectivity index (χ4n) is 1.58. The minimum Gasteiger partial charge on any atom is -0.473 e. The molecular formula is C15H17F3N2O8. The Labute approximate surface area is 156 Å². The van der Waals surface area contributed by atoms with Gasteiger partial charge < -0.3 is 19.9 Å². The molecule has 0 saturated carbocycles. The summed E-state index contributed by atoms with van der Waals surface area (Å²) in [5.74, 6) is -3.42. The van der Waals surface area contributed by atoms with E-state index in [0.29, 0.717) is 12.1 Å². The molecule has 0 fully saturated rings. The molecule has 0 saturated heterocycles. The largest absolute Gasteiger partial charge is 0.473 e. The smallest absolute Gasteiger partial charge is 0.417 e. The van der Waals surface area contributed by atoms with E-state index in [1.54, 1.807) is 13.8 Å². The summed E-state index contributed by atoms with van der Waals surface area (Å²) in [5, 5.41) is 21.0. The lowest BCUT2D eigenvalue weighted by Crippen LogP contribution is -2.17. The molecule has 0 unspecified atom stereocenters. The van der Waals surface area contributed by atoms with Crippen molar-refractivity contribution in [3.8, 4) is 0 Å². The van der Waals surface area contributed by atoms with E-state index in [1.165, 1.54) is 0 Å². The van der Waals surface area contributed by atoms with Gasteiger partial charge in [-0.3, -0.25) is 14.9 Å². The number of carboxylic acids is 1. The molecule has 1 aromatic rings. The number of rotatable bonds is 6. The van der Waals surface area contributed by atoms with E-state index in [2.05, 4.69) is 14.8 Å². The number of hydrogen-bond acceptors (Lipinski definition) is 8. The lowest BCUT2D eigenvalue weighted by molar-refractivity contribution is -0.384.